The van der Waals surface area contributed by atoms with E-state index in [0.717, 1.165) is 11.1 Å². The Balaban J connectivity index is 2.59. The van der Waals surface area contributed by atoms with Crippen LogP contribution in [0.1, 0.15) is 48.5 Å². The second kappa shape index (κ2) is 5.18. The highest BCUT2D eigenvalue weighted by Crippen LogP contribution is 2.59. The highest BCUT2D eigenvalue weighted by atomic mass is 16.6. The first kappa shape index (κ1) is 16.6. The molecule has 2 rings (SSSR count). The number of hydrazine groups is 1. The van der Waals surface area contributed by atoms with Gasteiger partial charge in [0.1, 0.15) is 0 Å². The zero-order chi connectivity index (χ0) is 16.9. The van der Waals surface area contributed by atoms with E-state index in [1.807, 2.05) is 27.7 Å². The van der Waals surface area contributed by atoms with Crippen LogP contribution in [0.3, 0.4) is 0 Å². The maximum atomic E-state index is 12.5. The first-order chi connectivity index (χ1) is 10.2. The van der Waals surface area contributed by atoms with Gasteiger partial charge in [-0.15, -0.1) is 0 Å². The van der Waals surface area contributed by atoms with E-state index in [4.69, 9.17) is 9.47 Å². The van der Waals surface area contributed by atoms with Gasteiger partial charge in [-0.1, -0.05) is 6.92 Å². The van der Waals surface area contributed by atoms with Crippen molar-refractivity contribution < 1.29 is 19.1 Å². The third-order valence-electron chi connectivity index (χ3n) is 5.73. The smallest absolute Gasteiger partial charge is 0.429 e. The number of carbonyl (C=O) groups excluding carboxylic acids is 2. The molecule has 1 heterocycles. The van der Waals surface area contributed by atoms with Gasteiger partial charge in [0, 0.05) is 5.92 Å². The van der Waals surface area contributed by atoms with E-state index in [0.29, 0.717) is 0 Å². The largest absolute Gasteiger partial charge is 0.448 e. The number of rotatable bonds is 2. The molecule has 2 unspecified atom stereocenters. The lowest BCUT2D eigenvalue weighted by Gasteiger charge is -2.45. The Bertz CT molecular complexity index is 498. The maximum Gasteiger partial charge on any atom is 0.429 e. The number of hydrogen-bond acceptors (Lipinski definition) is 4. The molecule has 0 aromatic heterocycles. The molecule has 22 heavy (non-hydrogen) atoms. The van der Waals surface area contributed by atoms with Crippen molar-refractivity contribution >= 4 is 12.2 Å². The predicted molar refractivity (Wildman–Crippen MR) is 82.1 cm³/mol. The normalized spacial score (nSPS) is 33.5. The Morgan fingerprint density at radius 1 is 0.955 bits per heavy atom. The van der Waals surface area contributed by atoms with E-state index < -0.39 is 23.3 Å². The van der Waals surface area contributed by atoms with E-state index in [1.165, 1.54) is 10.0 Å². The van der Waals surface area contributed by atoms with Crippen LogP contribution in [0.2, 0.25) is 0 Å². The van der Waals surface area contributed by atoms with Crippen molar-refractivity contribution in [2.45, 2.75) is 59.5 Å². The average molecular weight is 310 g/mol. The minimum Gasteiger partial charge on any atom is -0.448 e. The molecule has 0 spiro atoms. The van der Waals surface area contributed by atoms with Gasteiger partial charge in [0.25, 0.3) is 0 Å². The molecule has 0 saturated carbocycles. The van der Waals surface area contributed by atoms with Crippen LogP contribution in [0.15, 0.2) is 11.1 Å². The standard InChI is InChI=1S/C16H26N2O4/c1-8-21-13(19)17-15(6)10(3)11(4)16(7,12(15)5)18(17)14(20)22-9-2/h12H,8-9H2,1-7H3. The second-order valence-corrected chi connectivity index (χ2v) is 6.29. The van der Waals surface area contributed by atoms with E-state index in [9.17, 15) is 9.59 Å². The van der Waals surface area contributed by atoms with Crippen LogP contribution in [0.5, 0.6) is 0 Å². The van der Waals surface area contributed by atoms with Gasteiger partial charge in [0.15, 0.2) is 0 Å². The summed E-state index contributed by atoms with van der Waals surface area (Å²) >= 11 is 0. The summed E-state index contributed by atoms with van der Waals surface area (Å²) in [4.78, 5) is 25.1. The molecule has 1 fully saturated rings. The predicted octanol–water partition coefficient (Wildman–Crippen LogP) is 3.34. The zero-order valence-electron chi connectivity index (χ0n) is 14.5. The average Bonchev–Trinajstić information content (AvgIpc) is 2.72. The Hall–Kier alpha value is -1.72. The molecular weight excluding hydrogens is 284 g/mol. The van der Waals surface area contributed by atoms with Crippen molar-refractivity contribution in [3.63, 3.8) is 0 Å². The number of ether oxygens (including phenoxy) is 2. The third kappa shape index (κ3) is 1.72. The Labute approximate surface area is 132 Å². The van der Waals surface area contributed by atoms with Crippen LogP contribution in [0.25, 0.3) is 0 Å². The van der Waals surface area contributed by atoms with Crippen LogP contribution in [0, 0.1) is 5.92 Å². The molecule has 0 aromatic carbocycles. The summed E-state index contributed by atoms with van der Waals surface area (Å²) in [5.41, 5.74) is 1.04. The highest BCUT2D eigenvalue weighted by Gasteiger charge is 2.70. The molecule has 0 radical (unpaired) electrons. The van der Waals surface area contributed by atoms with Gasteiger partial charge in [-0.25, -0.2) is 19.6 Å². The van der Waals surface area contributed by atoms with E-state index in [2.05, 4.69) is 6.92 Å². The molecule has 0 N–H and O–H groups in total. The Kier molecular flexibility index (Phi) is 3.92. The lowest BCUT2D eigenvalue weighted by molar-refractivity contribution is -0.0537. The van der Waals surface area contributed by atoms with E-state index in [1.54, 1.807) is 13.8 Å². The van der Waals surface area contributed by atoms with Crippen molar-refractivity contribution in [2.24, 2.45) is 5.92 Å². The first-order valence-electron chi connectivity index (χ1n) is 7.81. The molecule has 2 aliphatic rings. The number of amides is 2. The highest BCUT2D eigenvalue weighted by molar-refractivity contribution is 5.80. The molecule has 6 nitrogen and oxygen atoms in total. The monoisotopic (exact) mass is 310 g/mol. The number of fused-ring (bicyclic) bond motifs is 2. The van der Waals surface area contributed by atoms with Crippen molar-refractivity contribution in [3.05, 3.63) is 11.1 Å². The van der Waals surface area contributed by atoms with Crippen molar-refractivity contribution in [1.82, 2.24) is 10.0 Å². The number of carbonyl (C=O) groups is 2. The van der Waals surface area contributed by atoms with Gasteiger partial charge in [0.05, 0.1) is 24.3 Å². The van der Waals surface area contributed by atoms with E-state index >= 15 is 0 Å². The SMILES string of the molecule is CCOC(=O)N1N(C(=O)OCC)C2(C)C(C)=C(C)C1(C)C2C. The number of hydrogen-bond donors (Lipinski definition) is 0. The number of nitrogens with zero attached hydrogens (tertiary/aromatic N) is 2. The fourth-order valence-corrected chi connectivity index (χ4v) is 3.97. The van der Waals surface area contributed by atoms with Crippen LogP contribution in [-0.4, -0.2) is 46.5 Å². The second-order valence-electron chi connectivity index (χ2n) is 6.29. The fourth-order valence-electron chi connectivity index (χ4n) is 3.97. The summed E-state index contributed by atoms with van der Waals surface area (Å²) in [5, 5.41) is 2.89. The molecule has 1 aliphatic heterocycles. The Morgan fingerprint density at radius 3 is 1.55 bits per heavy atom. The molecule has 6 heteroatoms. The van der Waals surface area contributed by atoms with Gasteiger partial charge in [0.2, 0.25) is 0 Å². The molecule has 2 amide bonds. The molecule has 1 aliphatic carbocycles. The van der Waals surface area contributed by atoms with Gasteiger partial charge < -0.3 is 9.47 Å². The van der Waals surface area contributed by atoms with Gasteiger partial charge in [-0.05, 0) is 52.7 Å². The summed E-state index contributed by atoms with van der Waals surface area (Å²) in [6.45, 7) is 14.1. The van der Waals surface area contributed by atoms with Crippen LogP contribution in [0.4, 0.5) is 9.59 Å². The summed E-state index contributed by atoms with van der Waals surface area (Å²) in [6.07, 6.45) is -1.03. The fraction of sp³-hybridized carbons (Fsp3) is 0.750. The molecule has 2 bridgehead atoms. The van der Waals surface area contributed by atoms with E-state index in [-0.39, 0.29) is 19.1 Å². The van der Waals surface area contributed by atoms with Gasteiger partial charge in [-0.3, -0.25) is 0 Å². The maximum absolute atomic E-state index is 12.5. The Morgan fingerprint density at radius 2 is 1.27 bits per heavy atom. The van der Waals surface area contributed by atoms with Crippen LogP contribution < -0.4 is 0 Å². The van der Waals surface area contributed by atoms with Crippen molar-refractivity contribution in [1.29, 1.82) is 0 Å². The molecule has 1 saturated heterocycles. The minimum absolute atomic E-state index is 0.0498. The first-order valence-corrected chi connectivity index (χ1v) is 7.81. The molecule has 124 valence electrons. The van der Waals surface area contributed by atoms with Gasteiger partial charge in [-0.2, -0.15) is 0 Å². The van der Waals surface area contributed by atoms with Crippen molar-refractivity contribution in [3.8, 4) is 0 Å². The summed E-state index contributed by atoms with van der Waals surface area (Å²) in [6, 6.07) is 0. The van der Waals surface area contributed by atoms with Crippen molar-refractivity contribution in [2.75, 3.05) is 13.2 Å². The molecule has 2 atom stereocenters. The summed E-state index contributed by atoms with van der Waals surface area (Å²) < 4.78 is 10.4. The van der Waals surface area contributed by atoms with Crippen LogP contribution in [-0.2, 0) is 9.47 Å². The third-order valence-corrected chi connectivity index (χ3v) is 5.73. The summed E-state index contributed by atoms with van der Waals surface area (Å²) in [7, 11) is 0. The summed E-state index contributed by atoms with van der Waals surface area (Å²) in [5.74, 6) is 0.0498. The lowest BCUT2D eigenvalue weighted by Crippen LogP contribution is -2.60. The van der Waals surface area contributed by atoms with Gasteiger partial charge >= 0.3 is 12.2 Å². The topological polar surface area (TPSA) is 59.1 Å². The molecular formula is C16H26N2O4. The minimum atomic E-state index is -0.585. The quantitative estimate of drug-likeness (QED) is 0.734. The lowest BCUT2D eigenvalue weighted by atomic mass is 9.80. The molecule has 0 aromatic rings. The van der Waals surface area contributed by atoms with Crippen LogP contribution >= 0.6 is 0 Å². The zero-order valence-corrected chi connectivity index (χ0v) is 14.5.